The first-order valence-electron chi connectivity index (χ1n) is 6.99. The van der Waals surface area contributed by atoms with E-state index in [0.29, 0.717) is 16.4 Å². The minimum atomic E-state index is -3.51. The van der Waals surface area contributed by atoms with Crippen LogP contribution in [0.4, 0.5) is 0 Å². The monoisotopic (exact) mass is 372 g/mol. The van der Waals surface area contributed by atoms with Crippen molar-refractivity contribution in [2.24, 2.45) is 0 Å². The van der Waals surface area contributed by atoms with Gasteiger partial charge in [-0.1, -0.05) is 18.5 Å². The Morgan fingerprint density at radius 3 is 2.39 bits per heavy atom. The number of amides is 1. The van der Waals surface area contributed by atoms with Crippen LogP contribution < -0.4 is 10.0 Å². The highest BCUT2D eigenvalue weighted by molar-refractivity contribution is 7.89. The molecule has 8 heteroatoms. The number of hydrogen-bond donors (Lipinski definition) is 2. The van der Waals surface area contributed by atoms with Crippen molar-refractivity contribution in [3.05, 3.63) is 51.2 Å². The average Bonchev–Trinajstić information content (AvgIpc) is 2.94. The topological polar surface area (TPSA) is 75.3 Å². The number of rotatable bonds is 6. The highest BCUT2D eigenvalue weighted by atomic mass is 35.5. The molecule has 1 heterocycles. The number of hydrogen-bond acceptors (Lipinski definition) is 4. The Morgan fingerprint density at radius 1 is 1.22 bits per heavy atom. The van der Waals surface area contributed by atoms with Gasteiger partial charge in [0.15, 0.2) is 0 Å². The van der Waals surface area contributed by atoms with E-state index in [4.69, 9.17) is 11.6 Å². The molecule has 0 aliphatic carbocycles. The molecule has 2 N–H and O–H groups in total. The molecule has 1 aromatic carbocycles. The van der Waals surface area contributed by atoms with Gasteiger partial charge in [-0.3, -0.25) is 4.79 Å². The van der Waals surface area contributed by atoms with E-state index in [1.807, 2.05) is 13.0 Å². The van der Waals surface area contributed by atoms with Gasteiger partial charge < -0.3 is 5.32 Å². The Bertz CT molecular complexity index is 785. The van der Waals surface area contributed by atoms with Crippen molar-refractivity contribution in [1.29, 1.82) is 0 Å². The Kier molecular flexibility index (Phi) is 5.80. The Hall–Kier alpha value is -1.41. The number of nitrogens with one attached hydrogen (secondary N) is 2. The Labute approximate surface area is 144 Å². The zero-order valence-electron chi connectivity index (χ0n) is 12.7. The van der Waals surface area contributed by atoms with Gasteiger partial charge in [0.2, 0.25) is 10.0 Å². The zero-order valence-corrected chi connectivity index (χ0v) is 15.1. The van der Waals surface area contributed by atoms with Gasteiger partial charge in [-0.05, 0) is 43.3 Å². The zero-order chi connectivity index (χ0) is 17.0. The lowest BCUT2D eigenvalue weighted by Gasteiger charge is -2.12. The van der Waals surface area contributed by atoms with Gasteiger partial charge in [0.05, 0.1) is 15.3 Å². The number of carbonyl (C=O) groups is 1. The summed E-state index contributed by atoms with van der Waals surface area (Å²) in [5.41, 5.74) is 0.398. The summed E-state index contributed by atoms with van der Waals surface area (Å²) < 4.78 is 26.8. The predicted molar refractivity (Wildman–Crippen MR) is 92.5 cm³/mol. The number of halogens is 1. The lowest BCUT2D eigenvalue weighted by molar-refractivity contribution is 0.0940. The molecule has 0 radical (unpaired) electrons. The lowest BCUT2D eigenvalue weighted by Crippen LogP contribution is -2.26. The lowest BCUT2D eigenvalue weighted by atomic mass is 10.2. The SMILES string of the molecule is CCNS(=O)(=O)c1ccc(C(=O)NC(C)c2ccc(Cl)s2)cc1. The van der Waals surface area contributed by atoms with Crippen LogP contribution in [0.1, 0.15) is 35.1 Å². The van der Waals surface area contributed by atoms with Crippen LogP contribution in [0.3, 0.4) is 0 Å². The second-order valence-corrected chi connectivity index (χ2v) is 8.38. The molecular weight excluding hydrogens is 356 g/mol. The van der Waals surface area contributed by atoms with Crippen molar-refractivity contribution < 1.29 is 13.2 Å². The fourth-order valence-corrected chi connectivity index (χ4v) is 4.08. The van der Waals surface area contributed by atoms with Crippen molar-refractivity contribution in [2.75, 3.05) is 6.54 Å². The van der Waals surface area contributed by atoms with E-state index in [0.717, 1.165) is 4.88 Å². The third-order valence-electron chi connectivity index (χ3n) is 3.13. The molecule has 1 amide bonds. The quantitative estimate of drug-likeness (QED) is 0.817. The van der Waals surface area contributed by atoms with Gasteiger partial charge in [-0.15, -0.1) is 11.3 Å². The average molecular weight is 373 g/mol. The van der Waals surface area contributed by atoms with E-state index in [-0.39, 0.29) is 16.8 Å². The van der Waals surface area contributed by atoms with Gasteiger partial charge in [0.25, 0.3) is 5.91 Å². The summed E-state index contributed by atoms with van der Waals surface area (Å²) in [6, 6.07) is 9.29. The normalized spacial score (nSPS) is 12.8. The second kappa shape index (κ2) is 7.44. The molecule has 0 bridgehead atoms. The molecule has 0 aliphatic heterocycles. The molecule has 2 aromatic rings. The van der Waals surface area contributed by atoms with E-state index in [2.05, 4.69) is 10.0 Å². The standard InChI is InChI=1S/C15H17ClN2O3S2/c1-3-17-23(20,21)12-6-4-11(5-7-12)15(19)18-10(2)13-8-9-14(16)22-13/h4-10,17H,3H2,1-2H3,(H,18,19). The fourth-order valence-electron chi connectivity index (χ4n) is 1.97. The maximum absolute atomic E-state index is 12.2. The van der Waals surface area contributed by atoms with Crippen molar-refractivity contribution in [3.63, 3.8) is 0 Å². The molecule has 0 fully saturated rings. The number of sulfonamides is 1. The van der Waals surface area contributed by atoms with Crippen LogP contribution in [0.25, 0.3) is 0 Å². The van der Waals surface area contributed by atoms with Crippen molar-refractivity contribution in [2.45, 2.75) is 24.8 Å². The minimum Gasteiger partial charge on any atom is -0.345 e. The highest BCUT2D eigenvalue weighted by Gasteiger charge is 2.16. The van der Waals surface area contributed by atoms with Crippen LogP contribution in [-0.4, -0.2) is 20.9 Å². The fraction of sp³-hybridized carbons (Fsp3) is 0.267. The number of thiophene rings is 1. The summed E-state index contributed by atoms with van der Waals surface area (Å²) in [5.74, 6) is -0.269. The molecule has 0 saturated carbocycles. The first kappa shape index (κ1) is 17.9. The van der Waals surface area contributed by atoms with Gasteiger partial charge in [0.1, 0.15) is 0 Å². The second-order valence-electron chi connectivity index (χ2n) is 4.86. The van der Waals surface area contributed by atoms with Crippen molar-refractivity contribution in [3.8, 4) is 0 Å². The minimum absolute atomic E-state index is 0.133. The van der Waals surface area contributed by atoms with Crippen LogP contribution in [-0.2, 0) is 10.0 Å². The first-order chi connectivity index (χ1) is 10.8. The molecule has 1 unspecified atom stereocenters. The molecule has 5 nitrogen and oxygen atoms in total. The van der Waals surface area contributed by atoms with Crippen LogP contribution in [0.5, 0.6) is 0 Å². The predicted octanol–water partition coefficient (Wildman–Crippen LogP) is 3.19. The third-order valence-corrected chi connectivity index (χ3v) is 6.10. The van der Waals surface area contributed by atoms with Crippen molar-refractivity contribution >= 4 is 38.9 Å². The van der Waals surface area contributed by atoms with Gasteiger partial charge in [-0.2, -0.15) is 0 Å². The Morgan fingerprint density at radius 2 is 1.87 bits per heavy atom. The summed E-state index contributed by atoms with van der Waals surface area (Å²) in [5, 5.41) is 2.86. The first-order valence-corrected chi connectivity index (χ1v) is 9.67. The summed E-state index contributed by atoms with van der Waals surface area (Å²) in [4.78, 5) is 13.3. The van der Waals surface area contributed by atoms with Gasteiger partial charge in [0, 0.05) is 17.0 Å². The summed E-state index contributed by atoms with van der Waals surface area (Å²) in [7, 11) is -3.51. The highest BCUT2D eigenvalue weighted by Crippen LogP contribution is 2.26. The van der Waals surface area contributed by atoms with Crippen LogP contribution in [0.15, 0.2) is 41.3 Å². The van der Waals surface area contributed by atoms with Gasteiger partial charge >= 0.3 is 0 Å². The maximum Gasteiger partial charge on any atom is 0.251 e. The van der Waals surface area contributed by atoms with E-state index in [9.17, 15) is 13.2 Å². The van der Waals surface area contributed by atoms with Crippen LogP contribution in [0.2, 0.25) is 4.34 Å². The molecule has 0 saturated heterocycles. The molecule has 1 aromatic heterocycles. The van der Waals surface area contributed by atoms with E-state index >= 15 is 0 Å². The molecule has 1 atom stereocenters. The summed E-state index contributed by atoms with van der Waals surface area (Å²) >= 11 is 7.29. The molecular formula is C15H17ClN2O3S2. The van der Waals surface area contributed by atoms with E-state index in [1.165, 1.54) is 35.6 Å². The maximum atomic E-state index is 12.2. The largest absolute Gasteiger partial charge is 0.345 e. The van der Waals surface area contributed by atoms with Crippen molar-refractivity contribution in [1.82, 2.24) is 10.0 Å². The molecule has 0 aliphatic rings. The molecule has 2 rings (SSSR count). The van der Waals surface area contributed by atoms with E-state index < -0.39 is 10.0 Å². The smallest absolute Gasteiger partial charge is 0.251 e. The number of carbonyl (C=O) groups excluding carboxylic acids is 1. The summed E-state index contributed by atoms with van der Waals surface area (Å²) in [6.45, 7) is 3.88. The van der Waals surface area contributed by atoms with Crippen LogP contribution >= 0.6 is 22.9 Å². The van der Waals surface area contributed by atoms with Gasteiger partial charge in [-0.25, -0.2) is 13.1 Å². The third kappa shape index (κ3) is 4.54. The summed E-state index contributed by atoms with van der Waals surface area (Å²) in [6.07, 6.45) is 0. The molecule has 124 valence electrons. The number of benzene rings is 1. The van der Waals surface area contributed by atoms with Crippen LogP contribution in [0, 0.1) is 0 Å². The van der Waals surface area contributed by atoms with E-state index in [1.54, 1.807) is 13.0 Å². The Balaban J connectivity index is 2.08. The molecule has 23 heavy (non-hydrogen) atoms. The molecule has 0 spiro atoms.